The molecule has 4 rings (SSSR count). The summed E-state index contributed by atoms with van der Waals surface area (Å²) in [6, 6.07) is 20.1. The Morgan fingerprint density at radius 2 is 1.70 bits per heavy atom. The van der Waals surface area contributed by atoms with Gasteiger partial charge in [-0.15, -0.1) is 0 Å². The Morgan fingerprint density at radius 1 is 0.933 bits per heavy atom. The summed E-state index contributed by atoms with van der Waals surface area (Å²) in [7, 11) is 0. The first kappa shape index (κ1) is 20.2. The third kappa shape index (κ3) is 4.74. The molecular weight excluding hydrogens is 376 g/mol. The molecule has 1 unspecified atom stereocenters. The molecule has 0 spiro atoms. The minimum Gasteiger partial charge on any atom is -0.490 e. The minimum absolute atomic E-state index is 0.0320. The lowest BCUT2D eigenvalue weighted by Crippen LogP contribution is -2.33. The van der Waals surface area contributed by atoms with Crippen molar-refractivity contribution in [1.29, 1.82) is 0 Å². The summed E-state index contributed by atoms with van der Waals surface area (Å²) in [4.78, 5) is 12.6. The molecule has 2 N–H and O–H groups in total. The monoisotopic (exact) mass is 404 g/mol. The molecule has 0 bridgehead atoms. The molecule has 1 amide bonds. The lowest BCUT2D eigenvalue weighted by molar-refractivity contribution is -0.115. The SMILES string of the molecule is CC(C)C(NCC(=O)Nc1ccc2ccccc2c1)c1ccc2c(c1)OCCCO2. The highest BCUT2D eigenvalue weighted by Gasteiger charge is 2.20. The number of fused-ring (bicyclic) bond motifs is 2. The zero-order valence-corrected chi connectivity index (χ0v) is 17.5. The van der Waals surface area contributed by atoms with Gasteiger partial charge in [0.25, 0.3) is 0 Å². The van der Waals surface area contributed by atoms with Crippen molar-refractivity contribution in [3.05, 3.63) is 66.2 Å². The molecule has 1 heterocycles. The molecule has 0 aromatic heterocycles. The highest BCUT2D eigenvalue weighted by molar-refractivity contribution is 5.95. The predicted molar refractivity (Wildman–Crippen MR) is 120 cm³/mol. The van der Waals surface area contributed by atoms with E-state index in [4.69, 9.17) is 9.47 Å². The van der Waals surface area contributed by atoms with E-state index in [1.165, 1.54) is 0 Å². The smallest absolute Gasteiger partial charge is 0.238 e. The molecule has 3 aromatic carbocycles. The van der Waals surface area contributed by atoms with Crippen LogP contribution in [0.5, 0.6) is 11.5 Å². The van der Waals surface area contributed by atoms with Crippen LogP contribution in [0.4, 0.5) is 5.69 Å². The molecule has 1 aliphatic heterocycles. The number of hydrogen-bond acceptors (Lipinski definition) is 4. The normalized spacial score (nSPS) is 14.4. The van der Waals surface area contributed by atoms with Crippen molar-refractivity contribution in [2.75, 3.05) is 25.1 Å². The van der Waals surface area contributed by atoms with Crippen LogP contribution in [0.15, 0.2) is 60.7 Å². The minimum atomic E-state index is -0.0646. The molecule has 1 atom stereocenters. The number of nitrogens with one attached hydrogen (secondary N) is 2. The first-order valence-electron chi connectivity index (χ1n) is 10.5. The molecule has 5 nitrogen and oxygen atoms in total. The first-order valence-corrected chi connectivity index (χ1v) is 10.5. The van der Waals surface area contributed by atoms with Crippen LogP contribution in [-0.4, -0.2) is 25.7 Å². The quantitative estimate of drug-likeness (QED) is 0.612. The molecule has 156 valence electrons. The molecule has 5 heteroatoms. The van der Waals surface area contributed by atoms with Crippen LogP contribution in [0.2, 0.25) is 0 Å². The van der Waals surface area contributed by atoms with Gasteiger partial charge >= 0.3 is 0 Å². The van der Waals surface area contributed by atoms with Crippen LogP contribution < -0.4 is 20.1 Å². The van der Waals surface area contributed by atoms with Crippen LogP contribution in [0.3, 0.4) is 0 Å². The molecule has 1 aliphatic rings. The summed E-state index contributed by atoms with van der Waals surface area (Å²) < 4.78 is 11.6. The Kier molecular flexibility index (Phi) is 6.19. The van der Waals surface area contributed by atoms with E-state index >= 15 is 0 Å². The Labute approximate surface area is 177 Å². The van der Waals surface area contributed by atoms with E-state index < -0.39 is 0 Å². The average molecular weight is 405 g/mol. The lowest BCUT2D eigenvalue weighted by atomic mass is 9.95. The summed E-state index contributed by atoms with van der Waals surface area (Å²) in [6.07, 6.45) is 0.880. The molecule has 0 radical (unpaired) electrons. The highest BCUT2D eigenvalue weighted by Crippen LogP contribution is 2.34. The van der Waals surface area contributed by atoms with Gasteiger partial charge in [-0.1, -0.05) is 50.2 Å². The van der Waals surface area contributed by atoms with Gasteiger partial charge in [0, 0.05) is 18.2 Å². The molecule has 0 saturated heterocycles. The van der Waals surface area contributed by atoms with Crippen molar-refractivity contribution in [2.24, 2.45) is 5.92 Å². The molecule has 3 aromatic rings. The second kappa shape index (κ2) is 9.18. The Hall–Kier alpha value is -3.05. The number of carbonyl (C=O) groups is 1. The summed E-state index contributed by atoms with van der Waals surface area (Å²) in [5.74, 6) is 1.80. The Bertz CT molecular complexity index is 1030. The number of benzene rings is 3. The van der Waals surface area contributed by atoms with E-state index in [1.54, 1.807) is 0 Å². The van der Waals surface area contributed by atoms with Gasteiger partial charge in [-0.3, -0.25) is 4.79 Å². The van der Waals surface area contributed by atoms with Crippen molar-refractivity contribution < 1.29 is 14.3 Å². The highest BCUT2D eigenvalue weighted by atomic mass is 16.5. The van der Waals surface area contributed by atoms with Crippen LogP contribution in [0.1, 0.15) is 31.9 Å². The van der Waals surface area contributed by atoms with Crippen molar-refractivity contribution in [3.63, 3.8) is 0 Å². The summed E-state index contributed by atoms with van der Waals surface area (Å²) >= 11 is 0. The summed E-state index contributed by atoms with van der Waals surface area (Å²) in [5.41, 5.74) is 1.89. The Morgan fingerprint density at radius 3 is 2.50 bits per heavy atom. The zero-order valence-electron chi connectivity index (χ0n) is 17.5. The maximum absolute atomic E-state index is 12.6. The van der Waals surface area contributed by atoms with Gasteiger partial charge in [-0.05, 0) is 46.5 Å². The van der Waals surface area contributed by atoms with Crippen molar-refractivity contribution >= 4 is 22.4 Å². The van der Waals surface area contributed by atoms with E-state index in [2.05, 4.69) is 30.5 Å². The van der Waals surface area contributed by atoms with Gasteiger partial charge in [0.1, 0.15) is 0 Å². The third-order valence-corrected chi connectivity index (χ3v) is 5.31. The number of amides is 1. The van der Waals surface area contributed by atoms with E-state index in [0.29, 0.717) is 19.1 Å². The molecule has 0 saturated carbocycles. The van der Waals surface area contributed by atoms with Gasteiger partial charge in [0.2, 0.25) is 5.91 Å². The van der Waals surface area contributed by atoms with Crippen molar-refractivity contribution in [1.82, 2.24) is 5.32 Å². The predicted octanol–water partition coefficient (Wildman–Crippen LogP) is 4.93. The van der Waals surface area contributed by atoms with Gasteiger partial charge in [-0.25, -0.2) is 0 Å². The largest absolute Gasteiger partial charge is 0.490 e. The van der Waals surface area contributed by atoms with Gasteiger partial charge < -0.3 is 20.1 Å². The van der Waals surface area contributed by atoms with Gasteiger partial charge in [-0.2, -0.15) is 0 Å². The van der Waals surface area contributed by atoms with E-state index in [-0.39, 0.29) is 18.5 Å². The summed E-state index contributed by atoms with van der Waals surface area (Å²) in [5, 5.41) is 8.66. The third-order valence-electron chi connectivity index (χ3n) is 5.31. The fourth-order valence-corrected chi connectivity index (χ4v) is 3.79. The van der Waals surface area contributed by atoms with Crippen LogP contribution >= 0.6 is 0 Å². The maximum atomic E-state index is 12.6. The van der Waals surface area contributed by atoms with Crippen molar-refractivity contribution in [2.45, 2.75) is 26.3 Å². The standard InChI is InChI=1S/C25H28N2O3/c1-17(2)25(20-9-11-22-23(15-20)30-13-5-12-29-22)26-16-24(28)27-21-10-8-18-6-3-4-7-19(18)14-21/h3-4,6-11,14-15,17,25-26H,5,12-13,16H2,1-2H3,(H,27,28). The fraction of sp³-hybridized carbons (Fsp3) is 0.320. The van der Waals surface area contributed by atoms with Crippen LogP contribution in [-0.2, 0) is 4.79 Å². The fourth-order valence-electron chi connectivity index (χ4n) is 3.79. The van der Waals surface area contributed by atoms with E-state index in [9.17, 15) is 4.79 Å². The molecular formula is C25H28N2O3. The first-order chi connectivity index (χ1) is 14.6. The van der Waals surface area contributed by atoms with E-state index in [1.807, 2.05) is 54.6 Å². The second-order valence-electron chi connectivity index (χ2n) is 7.97. The van der Waals surface area contributed by atoms with Crippen LogP contribution in [0, 0.1) is 5.92 Å². The number of hydrogen-bond donors (Lipinski definition) is 2. The molecule has 0 aliphatic carbocycles. The van der Waals surface area contributed by atoms with Gasteiger partial charge in [0.05, 0.1) is 19.8 Å². The number of anilines is 1. The van der Waals surface area contributed by atoms with Crippen LogP contribution in [0.25, 0.3) is 10.8 Å². The topological polar surface area (TPSA) is 59.6 Å². The summed E-state index contributed by atoms with van der Waals surface area (Å²) in [6.45, 7) is 5.84. The Balaban J connectivity index is 1.42. The molecule has 30 heavy (non-hydrogen) atoms. The lowest BCUT2D eigenvalue weighted by Gasteiger charge is -2.23. The van der Waals surface area contributed by atoms with Gasteiger partial charge in [0.15, 0.2) is 11.5 Å². The average Bonchev–Trinajstić information content (AvgIpc) is 2.98. The number of rotatable bonds is 6. The second-order valence-corrected chi connectivity index (χ2v) is 7.97. The number of carbonyl (C=O) groups excluding carboxylic acids is 1. The molecule has 0 fully saturated rings. The maximum Gasteiger partial charge on any atom is 0.238 e. The number of ether oxygens (including phenoxy) is 2. The zero-order chi connectivity index (χ0) is 20.9. The van der Waals surface area contributed by atoms with E-state index in [0.717, 1.165) is 39.9 Å². The van der Waals surface area contributed by atoms with Crippen molar-refractivity contribution in [3.8, 4) is 11.5 Å².